The predicted octanol–water partition coefficient (Wildman–Crippen LogP) is 7.70. The first-order valence-corrected chi connectivity index (χ1v) is 21.0. The standard InChI is InChI=1S/C43H49N3O6S2/c1-7-44(8-2)36-21-19-33(20-22-36)43(39-25-23-37(27-31(39)5)45(9-3)29-34-15-11-13-17-41(34)53(47,48)49)40-26-24-38(28-32(40)6)46(10-4)30-35-16-12-14-18-42(35)54(50,51)52/h11-28H,7-10,29-30H2,1-6H3,(H-,47,48,49,50,51,52). The van der Waals surface area contributed by atoms with E-state index in [4.69, 9.17) is 0 Å². The molecule has 5 rings (SSSR count). The van der Waals surface area contributed by atoms with E-state index in [0.717, 1.165) is 63.6 Å². The first kappa shape index (κ1) is 40.4. The molecule has 11 heteroatoms. The maximum absolute atomic E-state index is 12.0. The van der Waals surface area contributed by atoms with Gasteiger partial charge in [0.2, 0.25) is 0 Å². The second-order valence-electron chi connectivity index (χ2n) is 13.2. The van der Waals surface area contributed by atoms with E-state index in [9.17, 15) is 25.9 Å². The Labute approximate surface area is 322 Å². The van der Waals surface area contributed by atoms with E-state index in [1.165, 1.54) is 12.1 Å². The lowest BCUT2D eigenvalue weighted by Gasteiger charge is -2.27. The number of rotatable bonds is 14. The zero-order valence-electron chi connectivity index (χ0n) is 32.7. The number of benzene rings is 4. The first-order chi connectivity index (χ1) is 25.7. The molecule has 1 aliphatic carbocycles. The molecule has 0 N–H and O–H groups in total. The van der Waals surface area contributed by atoms with Crippen molar-refractivity contribution < 1.29 is 31.9 Å². The Kier molecular flexibility index (Phi) is 12.8. The number of aryl methyl sites for hydroxylation is 2. The lowest BCUT2D eigenvalue weighted by molar-refractivity contribution is -0.519. The molecule has 0 aromatic heterocycles. The fraction of sp³-hybridized carbons (Fsp3) is 0.279. The van der Waals surface area contributed by atoms with Gasteiger partial charge in [0.1, 0.15) is 33.3 Å². The van der Waals surface area contributed by atoms with Crippen molar-refractivity contribution in [1.29, 1.82) is 0 Å². The third-order valence-corrected chi connectivity index (χ3v) is 11.8. The van der Waals surface area contributed by atoms with Crippen LogP contribution in [0.5, 0.6) is 0 Å². The van der Waals surface area contributed by atoms with Crippen molar-refractivity contribution in [3.05, 3.63) is 148 Å². The highest BCUT2D eigenvalue weighted by Crippen LogP contribution is 2.37. The average molecular weight is 768 g/mol. The van der Waals surface area contributed by atoms with E-state index >= 15 is 0 Å². The van der Waals surface area contributed by atoms with E-state index in [-0.39, 0.29) is 24.3 Å². The summed E-state index contributed by atoms with van der Waals surface area (Å²) in [4.78, 5) is 3.69. The molecule has 1 aliphatic rings. The number of hydrogen-bond donors (Lipinski definition) is 0. The van der Waals surface area contributed by atoms with Crippen molar-refractivity contribution in [1.82, 2.24) is 0 Å². The highest BCUT2D eigenvalue weighted by atomic mass is 32.2. The van der Waals surface area contributed by atoms with Gasteiger partial charge in [-0.2, -0.15) is 0 Å². The van der Waals surface area contributed by atoms with Gasteiger partial charge in [0.25, 0.3) is 0 Å². The molecule has 4 aromatic carbocycles. The van der Waals surface area contributed by atoms with Gasteiger partial charge in [-0.25, -0.2) is 21.4 Å². The van der Waals surface area contributed by atoms with Crippen molar-refractivity contribution in [2.75, 3.05) is 36.0 Å². The summed E-state index contributed by atoms with van der Waals surface area (Å²) in [6.07, 6.45) is 8.61. The van der Waals surface area contributed by atoms with Gasteiger partial charge < -0.3 is 18.9 Å². The number of nitrogens with zero attached hydrogens (tertiary/aromatic N) is 3. The monoisotopic (exact) mass is 767 g/mol. The van der Waals surface area contributed by atoms with Gasteiger partial charge >= 0.3 is 1.43 Å². The van der Waals surface area contributed by atoms with E-state index in [1.807, 2.05) is 26.0 Å². The van der Waals surface area contributed by atoms with Crippen LogP contribution in [-0.2, 0) is 33.3 Å². The largest absolute Gasteiger partial charge is 1.00 e. The molecule has 0 radical (unpaired) electrons. The summed E-state index contributed by atoms with van der Waals surface area (Å²) < 4.78 is 74.4. The Balaban J connectivity index is 0.00000673. The smallest absolute Gasteiger partial charge is 0.744 e. The molecule has 0 amide bonds. The first-order valence-electron chi connectivity index (χ1n) is 18.2. The summed E-state index contributed by atoms with van der Waals surface area (Å²) in [5, 5.41) is 0. The average Bonchev–Trinajstić information content (AvgIpc) is 3.14. The van der Waals surface area contributed by atoms with E-state index in [1.54, 1.807) is 36.4 Å². The van der Waals surface area contributed by atoms with Crippen LogP contribution in [0, 0.1) is 13.8 Å². The second kappa shape index (κ2) is 17.1. The van der Waals surface area contributed by atoms with Gasteiger partial charge in [0.15, 0.2) is 5.71 Å². The molecule has 0 fully saturated rings. The summed E-state index contributed by atoms with van der Waals surface area (Å²) in [7, 11) is -9.26. The van der Waals surface area contributed by atoms with Gasteiger partial charge in [-0.1, -0.05) is 48.5 Å². The molecule has 0 bridgehead atoms. The van der Waals surface area contributed by atoms with Gasteiger partial charge in [-0.15, -0.1) is 0 Å². The topological polar surface area (TPSA) is 124 Å². The van der Waals surface area contributed by atoms with Gasteiger partial charge in [0, 0.05) is 49.7 Å². The van der Waals surface area contributed by atoms with Crippen molar-refractivity contribution in [3.8, 4) is 0 Å². The highest BCUT2D eigenvalue weighted by Gasteiger charge is 2.20. The van der Waals surface area contributed by atoms with Gasteiger partial charge in [-0.05, 0) is 135 Å². The molecule has 9 nitrogen and oxygen atoms in total. The summed E-state index contributed by atoms with van der Waals surface area (Å²) in [6.45, 7) is 15.9. The van der Waals surface area contributed by atoms with Crippen LogP contribution in [0.15, 0.2) is 125 Å². The van der Waals surface area contributed by atoms with Crippen molar-refractivity contribution >= 4 is 42.9 Å². The molecule has 4 aromatic rings. The summed E-state index contributed by atoms with van der Waals surface area (Å²) in [5.74, 6) is 0. The molecule has 0 heterocycles. The Morgan fingerprint density at radius 1 is 0.611 bits per heavy atom. The Bertz CT molecular complexity index is 2220. The normalized spacial score (nSPS) is 13.0. The Hall–Kier alpha value is -4.81. The predicted molar refractivity (Wildman–Crippen MR) is 216 cm³/mol. The quantitative estimate of drug-likeness (QED) is 0.0945. The molecule has 0 saturated carbocycles. The third-order valence-electron chi connectivity index (χ3n) is 9.94. The fourth-order valence-corrected chi connectivity index (χ4v) is 8.47. The highest BCUT2D eigenvalue weighted by molar-refractivity contribution is 7.86. The van der Waals surface area contributed by atoms with Gasteiger partial charge in [-0.3, -0.25) is 0 Å². The summed E-state index contributed by atoms with van der Waals surface area (Å²) in [6, 6.07) is 25.1. The lowest BCUT2D eigenvalue weighted by atomic mass is 9.86. The van der Waals surface area contributed by atoms with Crippen LogP contribution in [0.4, 0.5) is 11.4 Å². The van der Waals surface area contributed by atoms with Crippen LogP contribution in [0.3, 0.4) is 0 Å². The molecular weight excluding hydrogens is 719 g/mol. The Morgan fingerprint density at radius 2 is 1.02 bits per heavy atom. The van der Waals surface area contributed by atoms with Crippen LogP contribution < -0.4 is 9.80 Å². The van der Waals surface area contributed by atoms with Crippen molar-refractivity contribution in [2.45, 2.75) is 64.4 Å². The van der Waals surface area contributed by atoms with E-state index < -0.39 is 20.2 Å². The van der Waals surface area contributed by atoms with E-state index in [2.05, 4.69) is 90.6 Å². The third kappa shape index (κ3) is 9.10. The van der Waals surface area contributed by atoms with Crippen molar-refractivity contribution in [3.63, 3.8) is 0 Å². The van der Waals surface area contributed by atoms with Crippen LogP contribution in [0.1, 0.15) is 62.5 Å². The number of anilines is 2. The number of hydrogen-bond acceptors (Lipinski definition) is 8. The molecule has 0 unspecified atom stereocenters. The van der Waals surface area contributed by atoms with Crippen LogP contribution in [-0.4, -0.2) is 62.4 Å². The Morgan fingerprint density at radius 3 is 1.37 bits per heavy atom. The lowest BCUT2D eigenvalue weighted by Crippen LogP contribution is -2.23. The second-order valence-corrected chi connectivity index (χ2v) is 15.9. The molecule has 284 valence electrons. The maximum Gasteiger partial charge on any atom is 1.00 e. The molecule has 0 atom stereocenters. The fourth-order valence-electron chi connectivity index (χ4n) is 7.07. The maximum atomic E-state index is 12.0. The molecule has 0 spiro atoms. The van der Waals surface area contributed by atoms with E-state index in [0.29, 0.717) is 24.2 Å². The van der Waals surface area contributed by atoms with Gasteiger partial charge in [0.05, 0.1) is 9.79 Å². The van der Waals surface area contributed by atoms with Crippen LogP contribution in [0.2, 0.25) is 0 Å². The number of allylic oxidation sites excluding steroid dienone is 5. The SMILES string of the molecule is CCN(Cc1ccccc1S(=O)(=O)[O-])c1ccc(C(=C2C=CC(=[N+](CC)CC)C=C2)c2ccc(N(CC)Cc3ccccc3S(=O)(=O)[O-])cc2C)c(C)c1.[H+]. The minimum Gasteiger partial charge on any atom is -0.744 e. The molecular formula is C43H49N3O6S2. The van der Waals surface area contributed by atoms with Crippen LogP contribution in [0.25, 0.3) is 5.57 Å². The minimum atomic E-state index is -4.63. The molecule has 0 aliphatic heterocycles. The zero-order chi connectivity index (χ0) is 39.2. The molecule has 0 saturated heterocycles. The van der Waals surface area contributed by atoms with Crippen molar-refractivity contribution in [2.24, 2.45) is 0 Å². The molecule has 54 heavy (non-hydrogen) atoms. The summed E-state index contributed by atoms with van der Waals surface area (Å²) in [5.41, 5.74) is 10.0. The van der Waals surface area contributed by atoms with Crippen LogP contribution >= 0.6 is 0 Å². The minimum absolute atomic E-state index is 0. The summed E-state index contributed by atoms with van der Waals surface area (Å²) >= 11 is 0. The zero-order valence-corrected chi connectivity index (χ0v) is 33.4.